The normalized spacial score (nSPS) is 18.5. The predicted molar refractivity (Wildman–Crippen MR) is 107 cm³/mol. The van der Waals surface area contributed by atoms with Gasteiger partial charge in [0.15, 0.2) is 0 Å². The monoisotopic (exact) mass is 384 g/mol. The Kier molecular flexibility index (Phi) is 6.73. The molecular weight excluding hydrogens is 355 g/mol. The standard InChI is InChI=1S/C22H29FN4O/c1-4-21-24-11-18(12-25-21)13-26-10-9-22(28)27(20(15-26)16(2)3)14-17-5-7-19(23)8-6-17/h5-8,11-12,16,20H,4,9-10,13-15H2,1-3H3/t20-/m1/s1. The quantitative estimate of drug-likeness (QED) is 0.766. The van der Waals surface area contributed by atoms with Crippen molar-refractivity contribution in [3.05, 3.63) is 59.4 Å². The fourth-order valence-corrected chi connectivity index (χ4v) is 3.65. The van der Waals surface area contributed by atoms with Gasteiger partial charge >= 0.3 is 0 Å². The zero-order chi connectivity index (χ0) is 20.1. The molecule has 28 heavy (non-hydrogen) atoms. The highest BCUT2D eigenvalue weighted by atomic mass is 19.1. The topological polar surface area (TPSA) is 49.3 Å². The van der Waals surface area contributed by atoms with Crippen LogP contribution >= 0.6 is 0 Å². The van der Waals surface area contributed by atoms with Crippen LogP contribution in [0.3, 0.4) is 0 Å². The number of aryl methyl sites for hydroxylation is 1. The van der Waals surface area contributed by atoms with Crippen molar-refractivity contribution in [3.63, 3.8) is 0 Å². The number of aromatic nitrogens is 2. The molecule has 5 nitrogen and oxygen atoms in total. The molecule has 0 N–H and O–H groups in total. The minimum absolute atomic E-state index is 0.107. The number of benzene rings is 1. The molecule has 1 fully saturated rings. The van der Waals surface area contributed by atoms with Gasteiger partial charge in [-0.05, 0) is 23.6 Å². The summed E-state index contributed by atoms with van der Waals surface area (Å²) >= 11 is 0. The molecule has 1 saturated heterocycles. The third-order valence-corrected chi connectivity index (χ3v) is 5.32. The summed E-state index contributed by atoms with van der Waals surface area (Å²) in [6.45, 7) is 9.13. The van der Waals surface area contributed by atoms with E-state index in [4.69, 9.17) is 0 Å². The molecule has 0 spiro atoms. The van der Waals surface area contributed by atoms with Crippen LogP contribution in [0, 0.1) is 11.7 Å². The van der Waals surface area contributed by atoms with Crippen molar-refractivity contribution < 1.29 is 9.18 Å². The van der Waals surface area contributed by atoms with E-state index in [9.17, 15) is 9.18 Å². The van der Waals surface area contributed by atoms with E-state index in [1.807, 2.05) is 24.2 Å². The van der Waals surface area contributed by atoms with Crippen molar-refractivity contribution in [3.8, 4) is 0 Å². The fourth-order valence-electron chi connectivity index (χ4n) is 3.65. The number of carbonyl (C=O) groups is 1. The molecule has 1 aliphatic rings. The molecule has 1 aromatic heterocycles. The van der Waals surface area contributed by atoms with E-state index in [-0.39, 0.29) is 17.8 Å². The summed E-state index contributed by atoms with van der Waals surface area (Å²) in [7, 11) is 0. The summed E-state index contributed by atoms with van der Waals surface area (Å²) in [5.74, 6) is 1.07. The lowest BCUT2D eigenvalue weighted by Crippen LogP contribution is -2.45. The number of hydrogen-bond donors (Lipinski definition) is 0. The third-order valence-electron chi connectivity index (χ3n) is 5.32. The zero-order valence-electron chi connectivity index (χ0n) is 16.9. The van der Waals surface area contributed by atoms with Crippen LogP contribution in [-0.2, 0) is 24.3 Å². The third kappa shape index (κ3) is 5.13. The van der Waals surface area contributed by atoms with Crippen molar-refractivity contribution in [1.82, 2.24) is 19.8 Å². The van der Waals surface area contributed by atoms with Crippen LogP contribution in [-0.4, -0.2) is 44.8 Å². The number of rotatable bonds is 6. The molecule has 0 radical (unpaired) electrons. The molecular formula is C22H29FN4O. The molecule has 1 amide bonds. The largest absolute Gasteiger partial charge is 0.334 e. The average Bonchev–Trinajstić information content (AvgIpc) is 2.84. The van der Waals surface area contributed by atoms with Crippen molar-refractivity contribution >= 4 is 5.91 Å². The van der Waals surface area contributed by atoms with E-state index in [1.165, 1.54) is 12.1 Å². The van der Waals surface area contributed by atoms with Gasteiger partial charge in [-0.3, -0.25) is 9.69 Å². The first-order valence-corrected chi connectivity index (χ1v) is 10.0. The molecule has 0 bridgehead atoms. The van der Waals surface area contributed by atoms with Crippen LogP contribution in [0.5, 0.6) is 0 Å². The minimum atomic E-state index is -0.256. The summed E-state index contributed by atoms with van der Waals surface area (Å²) in [4.78, 5) is 25.9. The molecule has 6 heteroatoms. The Balaban J connectivity index is 1.74. The lowest BCUT2D eigenvalue weighted by atomic mass is 10.0. The number of nitrogens with zero attached hydrogens (tertiary/aromatic N) is 4. The Morgan fingerprint density at radius 2 is 1.79 bits per heavy atom. The molecule has 2 heterocycles. The highest BCUT2D eigenvalue weighted by Gasteiger charge is 2.31. The van der Waals surface area contributed by atoms with Crippen LogP contribution in [0.25, 0.3) is 0 Å². The first-order chi connectivity index (χ1) is 13.5. The maximum Gasteiger partial charge on any atom is 0.224 e. The molecule has 1 atom stereocenters. The van der Waals surface area contributed by atoms with E-state index in [0.29, 0.717) is 18.9 Å². The average molecular weight is 384 g/mol. The van der Waals surface area contributed by atoms with E-state index in [1.54, 1.807) is 12.1 Å². The molecule has 0 unspecified atom stereocenters. The van der Waals surface area contributed by atoms with Crippen LogP contribution in [0.4, 0.5) is 4.39 Å². The van der Waals surface area contributed by atoms with Gasteiger partial charge in [0.25, 0.3) is 0 Å². The second-order valence-corrected chi connectivity index (χ2v) is 7.81. The van der Waals surface area contributed by atoms with E-state index in [2.05, 4.69) is 28.7 Å². The predicted octanol–water partition coefficient (Wildman–Crippen LogP) is 3.44. The Morgan fingerprint density at radius 3 is 2.39 bits per heavy atom. The molecule has 0 saturated carbocycles. The molecule has 3 rings (SSSR count). The van der Waals surface area contributed by atoms with Gasteiger partial charge in [-0.25, -0.2) is 14.4 Å². The molecule has 1 aromatic carbocycles. The van der Waals surface area contributed by atoms with Gasteiger partial charge < -0.3 is 4.90 Å². The maximum absolute atomic E-state index is 13.2. The van der Waals surface area contributed by atoms with Gasteiger partial charge in [-0.1, -0.05) is 32.9 Å². The Bertz CT molecular complexity index is 776. The second-order valence-electron chi connectivity index (χ2n) is 7.81. The fraction of sp³-hybridized carbons (Fsp3) is 0.500. The Morgan fingerprint density at radius 1 is 1.11 bits per heavy atom. The lowest BCUT2D eigenvalue weighted by molar-refractivity contribution is -0.134. The number of carbonyl (C=O) groups excluding carboxylic acids is 1. The van der Waals surface area contributed by atoms with E-state index >= 15 is 0 Å². The smallest absolute Gasteiger partial charge is 0.224 e. The molecule has 1 aliphatic heterocycles. The van der Waals surface area contributed by atoms with Crippen LogP contribution in [0.15, 0.2) is 36.7 Å². The van der Waals surface area contributed by atoms with Gasteiger partial charge in [-0.2, -0.15) is 0 Å². The van der Waals surface area contributed by atoms with Crippen molar-refractivity contribution in [2.45, 2.75) is 52.7 Å². The van der Waals surface area contributed by atoms with E-state index < -0.39 is 0 Å². The van der Waals surface area contributed by atoms with Gasteiger partial charge in [0.2, 0.25) is 5.91 Å². The summed E-state index contributed by atoms with van der Waals surface area (Å²) < 4.78 is 13.2. The zero-order valence-corrected chi connectivity index (χ0v) is 16.9. The Hall–Kier alpha value is -2.34. The Labute approximate surface area is 166 Å². The maximum atomic E-state index is 13.2. The minimum Gasteiger partial charge on any atom is -0.334 e. The SMILES string of the molecule is CCc1ncc(CN2CCC(=O)N(Cc3ccc(F)cc3)[C@@H](C(C)C)C2)cn1. The highest BCUT2D eigenvalue weighted by molar-refractivity contribution is 5.77. The number of amides is 1. The second kappa shape index (κ2) is 9.24. The molecule has 2 aromatic rings. The summed E-state index contributed by atoms with van der Waals surface area (Å²) in [6, 6.07) is 6.53. The highest BCUT2D eigenvalue weighted by Crippen LogP contribution is 2.22. The lowest BCUT2D eigenvalue weighted by Gasteiger charge is -2.35. The summed E-state index contributed by atoms with van der Waals surface area (Å²) in [5, 5.41) is 0. The van der Waals surface area contributed by atoms with Crippen LogP contribution in [0.1, 0.15) is 44.1 Å². The van der Waals surface area contributed by atoms with Gasteiger partial charge in [0.05, 0.1) is 0 Å². The van der Waals surface area contributed by atoms with Gasteiger partial charge in [-0.15, -0.1) is 0 Å². The van der Waals surface area contributed by atoms with Gasteiger partial charge in [0.1, 0.15) is 11.6 Å². The number of hydrogen-bond acceptors (Lipinski definition) is 4. The molecule has 150 valence electrons. The van der Waals surface area contributed by atoms with Crippen LogP contribution < -0.4 is 0 Å². The van der Waals surface area contributed by atoms with Crippen molar-refractivity contribution in [2.75, 3.05) is 13.1 Å². The number of halogens is 1. The van der Waals surface area contributed by atoms with Crippen LogP contribution in [0.2, 0.25) is 0 Å². The summed E-state index contributed by atoms with van der Waals surface area (Å²) in [5.41, 5.74) is 2.02. The van der Waals surface area contributed by atoms with Crippen molar-refractivity contribution in [2.24, 2.45) is 5.92 Å². The first kappa shape index (κ1) is 20.4. The van der Waals surface area contributed by atoms with E-state index in [0.717, 1.165) is 43.0 Å². The van der Waals surface area contributed by atoms with Gasteiger partial charge in [0, 0.05) is 63.0 Å². The van der Waals surface area contributed by atoms with Crippen molar-refractivity contribution in [1.29, 1.82) is 0 Å². The summed E-state index contributed by atoms with van der Waals surface area (Å²) in [6.07, 6.45) is 5.09. The first-order valence-electron chi connectivity index (χ1n) is 10.0. The molecule has 0 aliphatic carbocycles.